The topological polar surface area (TPSA) is 66.8 Å². The Morgan fingerprint density at radius 2 is 2.11 bits per heavy atom. The first-order valence-electron chi connectivity index (χ1n) is 6.00. The number of carboxylic acids is 1. The summed E-state index contributed by atoms with van der Waals surface area (Å²) in [5, 5.41) is 8.24. The van der Waals surface area contributed by atoms with Crippen LogP contribution < -0.4 is 0 Å². The van der Waals surface area contributed by atoms with Gasteiger partial charge in [-0.1, -0.05) is 30.3 Å². The predicted molar refractivity (Wildman–Crippen MR) is 71.8 cm³/mol. The molecule has 0 spiro atoms. The summed E-state index contributed by atoms with van der Waals surface area (Å²) < 4.78 is 5.16. The highest BCUT2D eigenvalue weighted by molar-refractivity contribution is 8.00. The number of carbonyl (C=O) groups is 2. The maximum atomic E-state index is 11.9. The van der Waals surface area contributed by atoms with Crippen LogP contribution in [0.2, 0.25) is 0 Å². The van der Waals surface area contributed by atoms with Gasteiger partial charge in [0.2, 0.25) is 0 Å². The number of thioether (sulfide) groups is 1. The van der Waals surface area contributed by atoms with E-state index in [1.165, 1.54) is 16.7 Å². The molecule has 1 unspecified atom stereocenters. The molecule has 1 atom stereocenters. The maximum absolute atomic E-state index is 11.9. The first-order chi connectivity index (χ1) is 9.18. The first-order valence-corrected chi connectivity index (χ1v) is 7.05. The van der Waals surface area contributed by atoms with Gasteiger partial charge in [0.25, 0.3) is 0 Å². The van der Waals surface area contributed by atoms with Gasteiger partial charge in [0.1, 0.15) is 6.61 Å². The summed E-state index contributed by atoms with van der Waals surface area (Å²) in [5.74, 6) is -0.249. The van der Waals surface area contributed by atoms with Gasteiger partial charge >= 0.3 is 12.1 Å². The fraction of sp³-hybridized carbons (Fsp3) is 0.385. The van der Waals surface area contributed by atoms with Crippen LogP contribution in [0.5, 0.6) is 0 Å². The summed E-state index contributed by atoms with van der Waals surface area (Å²) in [5.41, 5.74) is 0.882. The standard InChI is InChI=1S/C13H15NO4S/c15-12(16)11-14(7-4-8-19-11)13(17)18-9-10-5-2-1-3-6-10/h1-3,5-6,11H,4,7-9H2,(H,15,16). The second-order valence-electron chi connectivity index (χ2n) is 4.15. The Morgan fingerprint density at radius 3 is 2.79 bits per heavy atom. The number of ether oxygens (including phenoxy) is 1. The van der Waals surface area contributed by atoms with Crippen LogP contribution in [0.3, 0.4) is 0 Å². The fourth-order valence-corrected chi connectivity index (χ4v) is 2.86. The van der Waals surface area contributed by atoms with Crippen LogP contribution >= 0.6 is 11.8 Å². The van der Waals surface area contributed by atoms with Crippen LogP contribution in [0.4, 0.5) is 4.79 Å². The van der Waals surface area contributed by atoms with Crippen molar-refractivity contribution >= 4 is 23.8 Å². The lowest BCUT2D eigenvalue weighted by atomic mass is 10.2. The van der Waals surface area contributed by atoms with E-state index in [0.717, 1.165) is 17.7 Å². The molecule has 0 aromatic heterocycles. The van der Waals surface area contributed by atoms with Crippen molar-refractivity contribution in [3.63, 3.8) is 0 Å². The highest BCUT2D eigenvalue weighted by Crippen LogP contribution is 2.24. The number of nitrogens with zero attached hydrogens (tertiary/aromatic N) is 1. The van der Waals surface area contributed by atoms with Gasteiger partial charge in [-0.3, -0.25) is 4.90 Å². The molecule has 0 radical (unpaired) electrons. The molecule has 19 heavy (non-hydrogen) atoms. The summed E-state index contributed by atoms with van der Waals surface area (Å²) in [6.45, 7) is 0.588. The minimum Gasteiger partial charge on any atom is -0.479 e. The van der Waals surface area contributed by atoms with Gasteiger partial charge in [0.05, 0.1) is 0 Å². The van der Waals surface area contributed by atoms with Crippen molar-refractivity contribution < 1.29 is 19.4 Å². The van der Waals surface area contributed by atoms with Gasteiger partial charge in [0.15, 0.2) is 5.37 Å². The molecule has 6 heteroatoms. The van der Waals surface area contributed by atoms with Gasteiger partial charge in [0, 0.05) is 6.54 Å². The van der Waals surface area contributed by atoms with E-state index in [-0.39, 0.29) is 6.61 Å². The zero-order valence-corrected chi connectivity index (χ0v) is 11.1. The normalized spacial score (nSPS) is 18.9. The summed E-state index contributed by atoms with van der Waals surface area (Å²) in [4.78, 5) is 24.3. The van der Waals surface area contributed by atoms with E-state index in [9.17, 15) is 9.59 Å². The first kappa shape index (κ1) is 13.7. The van der Waals surface area contributed by atoms with Crippen LogP contribution in [0.25, 0.3) is 0 Å². The SMILES string of the molecule is O=C(O)C1SCCCN1C(=O)OCc1ccccc1. The fourth-order valence-electron chi connectivity index (χ4n) is 1.83. The van der Waals surface area contributed by atoms with Crippen LogP contribution in [-0.4, -0.2) is 39.7 Å². The lowest BCUT2D eigenvalue weighted by Gasteiger charge is -2.31. The smallest absolute Gasteiger partial charge is 0.411 e. The molecule has 1 amide bonds. The summed E-state index contributed by atoms with van der Waals surface area (Å²) in [6, 6.07) is 9.31. The molecular weight excluding hydrogens is 266 g/mol. The minimum absolute atomic E-state index is 0.160. The Kier molecular flexibility index (Phi) is 4.68. The van der Waals surface area contributed by atoms with E-state index >= 15 is 0 Å². The Morgan fingerprint density at radius 1 is 1.37 bits per heavy atom. The number of rotatable bonds is 3. The molecule has 1 aromatic rings. The maximum Gasteiger partial charge on any atom is 0.411 e. The number of amides is 1. The zero-order chi connectivity index (χ0) is 13.7. The van der Waals surface area contributed by atoms with Gasteiger partial charge in [-0.25, -0.2) is 9.59 Å². The lowest BCUT2D eigenvalue weighted by molar-refractivity contribution is -0.139. The number of benzene rings is 1. The van der Waals surface area contributed by atoms with Crippen molar-refractivity contribution in [2.75, 3.05) is 12.3 Å². The van der Waals surface area contributed by atoms with E-state index in [0.29, 0.717) is 6.54 Å². The molecule has 1 aliphatic rings. The van der Waals surface area contributed by atoms with Gasteiger partial charge in [-0.15, -0.1) is 11.8 Å². The molecular formula is C13H15NO4S. The second-order valence-corrected chi connectivity index (χ2v) is 5.34. The molecule has 0 saturated carbocycles. The predicted octanol–water partition coefficient (Wildman–Crippen LogP) is 2.17. The van der Waals surface area contributed by atoms with Crippen LogP contribution in [0, 0.1) is 0 Å². The van der Waals surface area contributed by atoms with Gasteiger partial charge < -0.3 is 9.84 Å². The summed E-state index contributed by atoms with van der Waals surface area (Å²) in [6.07, 6.45) is 0.220. The highest BCUT2D eigenvalue weighted by atomic mass is 32.2. The van der Waals surface area contributed by atoms with Crippen molar-refractivity contribution in [3.05, 3.63) is 35.9 Å². The van der Waals surface area contributed by atoms with Crippen LogP contribution in [0.15, 0.2) is 30.3 Å². The molecule has 1 aromatic carbocycles. The zero-order valence-electron chi connectivity index (χ0n) is 10.3. The Labute approximate surface area is 115 Å². The molecule has 1 fully saturated rings. The third-order valence-corrected chi connectivity index (χ3v) is 4.05. The third kappa shape index (κ3) is 3.64. The summed E-state index contributed by atoms with van der Waals surface area (Å²) in [7, 11) is 0. The summed E-state index contributed by atoms with van der Waals surface area (Å²) >= 11 is 1.25. The van der Waals surface area contributed by atoms with Crippen LogP contribution in [-0.2, 0) is 16.1 Å². The van der Waals surface area contributed by atoms with Gasteiger partial charge in [-0.05, 0) is 17.7 Å². The van der Waals surface area contributed by atoms with Gasteiger partial charge in [-0.2, -0.15) is 0 Å². The van der Waals surface area contributed by atoms with E-state index in [1.54, 1.807) is 0 Å². The van der Waals surface area contributed by atoms with E-state index < -0.39 is 17.4 Å². The molecule has 0 bridgehead atoms. The Bertz CT molecular complexity index is 451. The Balaban J connectivity index is 1.93. The highest BCUT2D eigenvalue weighted by Gasteiger charge is 2.33. The number of hydrogen-bond acceptors (Lipinski definition) is 4. The van der Waals surface area contributed by atoms with E-state index in [1.807, 2.05) is 30.3 Å². The van der Waals surface area contributed by atoms with Crippen molar-refractivity contribution in [1.29, 1.82) is 0 Å². The van der Waals surface area contributed by atoms with Crippen molar-refractivity contribution in [3.8, 4) is 0 Å². The molecule has 2 rings (SSSR count). The van der Waals surface area contributed by atoms with E-state index in [2.05, 4.69) is 0 Å². The number of hydrogen-bond donors (Lipinski definition) is 1. The monoisotopic (exact) mass is 281 g/mol. The quantitative estimate of drug-likeness (QED) is 0.919. The number of aliphatic carboxylic acids is 1. The average Bonchev–Trinajstić information content (AvgIpc) is 2.46. The lowest BCUT2D eigenvalue weighted by Crippen LogP contribution is -2.46. The van der Waals surface area contributed by atoms with Crippen molar-refractivity contribution in [2.45, 2.75) is 18.4 Å². The molecule has 5 nitrogen and oxygen atoms in total. The molecule has 0 aliphatic carbocycles. The molecule has 102 valence electrons. The van der Waals surface area contributed by atoms with Crippen LogP contribution in [0.1, 0.15) is 12.0 Å². The average molecular weight is 281 g/mol. The number of carboxylic acid groups (broad SMARTS) is 1. The van der Waals surface area contributed by atoms with Crippen molar-refractivity contribution in [1.82, 2.24) is 4.90 Å². The van der Waals surface area contributed by atoms with Crippen molar-refractivity contribution in [2.24, 2.45) is 0 Å². The largest absolute Gasteiger partial charge is 0.479 e. The molecule has 1 heterocycles. The Hall–Kier alpha value is -1.69. The molecule has 1 aliphatic heterocycles. The number of carbonyl (C=O) groups excluding carboxylic acids is 1. The van der Waals surface area contributed by atoms with E-state index in [4.69, 9.17) is 9.84 Å². The molecule has 1 N–H and O–H groups in total. The third-order valence-electron chi connectivity index (χ3n) is 2.75. The second kappa shape index (κ2) is 6.47. The molecule has 1 saturated heterocycles. The minimum atomic E-state index is -0.999.